The Bertz CT molecular complexity index is 914. The van der Waals surface area contributed by atoms with Crippen LogP contribution in [0.1, 0.15) is 34.6 Å². The van der Waals surface area contributed by atoms with E-state index in [4.69, 9.17) is 23.7 Å². The summed E-state index contributed by atoms with van der Waals surface area (Å²) in [6.45, 7) is 3.12. The van der Waals surface area contributed by atoms with Crippen molar-refractivity contribution >= 4 is 11.9 Å². The number of aliphatic hydroxyl groups is 1. The number of hydrogen-bond donors (Lipinski definition) is 1. The van der Waals surface area contributed by atoms with Crippen LogP contribution in [0.15, 0.2) is 60.7 Å². The third kappa shape index (κ3) is 4.77. The maximum absolute atomic E-state index is 12.6. The molecule has 8 nitrogen and oxygen atoms in total. The first-order chi connectivity index (χ1) is 14.8. The molecule has 2 aromatic carbocycles. The fourth-order valence-electron chi connectivity index (χ4n) is 3.61. The number of esters is 2. The summed E-state index contributed by atoms with van der Waals surface area (Å²) < 4.78 is 28.1. The minimum atomic E-state index is -1.14. The Labute approximate surface area is 179 Å². The van der Waals surface area contributed by atoms with Crippen LogP contribution < -0.4 is 0 Å². The van der Waals surface area contributed by atoms with Gasteiger partial charge in [-0.3, -0.25) is 0 Å². The summed E-state index contributed by atoms with van der Waals surface area (Å²) in [6, 6.07) is 16.8. The Hall–Kier alpha value is -2.78. The molecule has 0 aliphatic carbocycles. The fourth-order valence-corrected chi connectivity index (χ4v) is 3.61. The molecule has 5 atom stereocenters. The molecule has 0 amide bonds. The fraction of sp³-hybridized carbons (Fsp3) is 0.391. The van der Waals surface area contributed by atoms with E-state index in [0.717, 1.165) is 0 Å². The molecule has 0 aromatic heterocycles. The summed E-state index contributed by atoms with van der Waals surface area (Å²) in [5.74, 6) is -2.11. The third-order valence-electron chi connectivity index (χ3n) is 5.08. The SMILES string of the molecule is CC1(C)O[C@H]2O[C@H]([C@@H](COC(=O)c3ccccc3)OC(=O)c3ccccc3)[C@H](O)[C@H]2O1. The van der Waals surface area contributed by atoms with Crippen LogP contribution in [-0.4, -0.2) is 60.1 Å². The summed E-state index contributed by atoms with van der Waals surface area (Å²) in [7, 11) is 0. The van der Waals surface area contributed by atoms with E-state index < -0.39 is 48.4 Å². The molecule has 164 valence electrons. The lowest BCUT2D eigenvalue weighted by Crippen LogP contribution is -2.45. The van der Waals surface area contributed by atoms with E-state index in [1.807, 2.05) is 0 Å². The van der Waals surface area contributed by atoms with Crippen molar-refractivity contribution in [2.24, 2.45) is 0 Å². The summed E-state index contributed by atoms with van der Waals surface area (Å²) in [6.07, 6.45) is -4.78. The van der Waals surface area contributed by atoms with E-state index in [1.54, 1.807) is 74.5 Å². The molecular formula is C23H24O8. The van der Waals surface area contributed by atoms with Gasteiger partial charge in [0.05, 0.1) is 11.1 Å². The molecule has 8 heteroatoms. The van der Waals surface area contributed by atoms with Gasteiger partial charge in [-0.15, -0.1) is 0 Å². The Morgan fingerprint density at radius 3 is 2.13 bits per heavy atom. The van der Waals surface area contributed by atoms with Crippen LogP contribution in [-0.2, 0) is 23.7 Å². The highest BCUT2D eigenvalue weighted by atomic mass is 16.8. The molecule has 0 radical (unpaired) electrons. The van der Waals surface area contributed by atoms with Crippen LogP contribution in [0.3, 0.4) is 0 Å². The molecule has 2 fully saturated rings. The van der Waals surface area contributed by atoms with Crippen molar-refractivity contribution in [1.29, 1.82) is 0 Å². The normalized spacial score (nSPS) is 27.3. The molecule has 0 bridgehead atoms. The highest BCUT2D eigenvalue weighted by molar-refractivity contribution is 5.90. The van der Waals surface area contributed by atoms with Crippen LogP contribution in [0.2, 0.25) is 0 Å². The smallest absolute Gasteiger partial charge is 0.338 e. The number of rotatable bonds is 6. The molecule has 2 saturated heterocycles. The van der Waals surface area contributed by atoms with Gasteiger partial charge in [-0.25, -0.2) is 9.59 Å². The number of hydrogen-bond acceptors (Lipinski definition) is 8. The molecule has 2 heterocycles. The third-order valence-corrected chi connectivity index (χ3v) is 5.08. The maximum Gasteiger partial charge on any atom is 0.338 e. The minimum Gasteiger partial charge on any atom is -0.458 e. The van der Waals surface area contributed by atoms with Gasteiger partial charge in [0, 0.05) is 0 Å². The average molecular weight is 428 g/mol. The Balaban J connectivity index is 1.49. The molecule has 2 aliphatic rings. The van der Waals surface area contributed by atoms with Gasteiger partial charge < -0.3 is 28.8 Å². The standard InChI is InChI=1S/C23H24O8/c1-23(2)30-19-17(24)18(29-22(19)31-23)16(28-21(26)15-11-7-4-8-12-15)13-27-20(25)14-9-5-3-6-10-14/h3-12,16-19,22,24H,13H2,1-2H3/t16-,17+,18-,19-,22-/m1/s1. The second-order valence-electron chi connectivity index (χ2n) is 7.83. The molecule has 0 saturated carbocycles. The molecular weight excluding hydrogens is 404 g/mol. The quantitative estimate of drug-likeness (QED) is 0.700. The van der Waals surface area contributed by atoms with E-state index in [0.29, 0.717) is 11.1 Å². The van der Waals surface area contributed by atoms with Crippen LogP contribution in [0.25, 0.3) is 0 Å². The number of ether oxygens (including phenoxy) is 5. The number of carbonyl (C=O) groups is 2. The Morgan fingerprint density at radius 1 is 0.968 bits per heavy atom. The maximum atomic E-state index is 12.6. The van der Waals surface area contributed by atoms with Crippen molar-refractivity contribution in [2.45, 2.75) is 50.3 Å². The zero-order chi connectivity index (χ0) is 22.0. The van der Waals surface area contributed by atoms with Crippen molar-refractivity contribution in [3.05, 3.63) is 71.8 Å². The molecule has 0 unspecified atom stereocenters. The van der Waals surface area contributed by atoms with Crippen molar-refractivity contribution in [3.63, 3.8) is 0 Å². The monoisotopic (exact) mass is 428 g/mol. The predicted molar refractivity (Wildman–Crippen MR) is 107 cm³/mol. The molecule has 2 aromatic rings. The van der Waals surface area contributed by atoms with Gasteiger partial charge in [0.25, 0.3) is 0 Å². The molecule has 0 spiro atoms. The largest absolute Gasteiger partial charge is 0.458 e. The number of benzene rings is 2. The minimum absolute atomic E-state index is 0.309. The predicted octanol–water partition coefficient (Wildman–Crippen LogP) is 2.31. The van der Waals surface area contributed by atoms with E-state index in [2.05, 4.69) is 0 Å². The van der Waals surface area contributed by atoms with Crippen molar-refractivity contribution in [1.82, 2.24) is 0 Å². The lowest BCUT2D eigenvalue weighted by molar-refractivity contribution is -0.227. The van der Waals surface area contributed by atoms with Crippen molar-refractivity contribution in [2.75, 3.05) is 6.61 Å². The van der Waals surface area contributed by atoms with Gasteiger partial charge in [-0.05, 0) is 38.1 Å². The lowest BCUT2D eigenvalue weighted by Gasteiger charge is -2.28. The first kappa shape index (κ1) is 21.5. The highest BCUT2D eigenvalue weighted by Crippen LogP contribution is 2.38. The van der Waals surface area contributed by atoms with Gasteiger partial charge in [0.15, 0.2) is 18.2 Å². The number of aliphatic hydroxyl groups excluding tert-OH is 1. The topological polar surface area (TPSA) is 101 Å². The number of fused-ring (bicyclic) bond motifs is 1. The van der Waals surface area contributed by atoms with Gasteiger partial charge in [0.2, 0.25) is 0 Å². The Morgan fingerprint density at radius 2 is 1.55 bits per heavy atom. The lowest BCUT2D eigenvalue weighted by atomic mass is 10.1. The summed E-state index contributed by atoms with van der Waals surface area (Å²) >= 11 is 0. The van der Waals surface area contributed by atoms with Crippen LogP contribution in [0, 0.1) is 0 Å². The van der Waals surface area contributed by atoms with E-state index in [9.17, 15) is 14.7 Å². The van der Waals surface area contributed by atoms with Gasteiger partial charge >= 0.3 is 11.9 Å². The second kappa shape index (κ2) is 8.76. The first-order valence-corrected chi connectivity index (χ1v) is 10.0. The highest BCUT2D eigenvalue weighted by Gasteiger charge is 2.57. The zero-order valence-corrected chi connectivity index (χ0v) is 17.2. The molecule has 1 N–H and O–H groups in total. The van der Waals surface area contributed by atoms with Gasteiger partial charge in [0.1, 0.15) is 24.9 Å². The summed E-state index contributed by atoms with van der Waals surface area (Å²) in [5.41, 5.74) is 0.678. The van der Waals surface area contributed by atoms with Gasteiger partial charge in [-0.1, -0.05) is 36.4 Å². The number of carbonyl (C=O) groups excluding carboxylic acids is 2. The van der Waals surface area contributed by atoms with Gasteiger partial charge in [-0.2, -0.15) is 0 Å². The van der Waals surface area contributed by atoms with E-state index in [1.165, 1.54) is 0 Å². The van der Waals surface area contributed by atoms with E-state index >= 15 is 0 Å². The van der Waals surface area contributed by atoms with Crippen molar-refractivity contribution in [3.8, 4) is 0 Å². The average Bonchev–Trinajstić information content (AvgIpc) is 3.24. The molecule has 4 rings (SSSR count). The van der Waals surface area contributed by atoms with Crippen molar-refractivity contribution < 1.29 is 38.4 Å². The van der Waals surface area contributed by atoms with Crippen LogP contribution in [0.5, 0.6) is 0 Å². The van der Waals surface area contributed by atoms with E-state index in [-0.39, 0.29) is 6.61 Å². The second-order valence-corrected chi connectivity index (χ2v) is 7.83. The Kier molecular flexibility index (Phi) is 6.06. The van der Waals surface area contributed by atoms with Crippen LogP contribution in [0.4, 0.5) is 0 Å². The summed E-state index contributed by atoms with van der Waals surface area (Å²) in [5, 5.41) is 10.8. The molecule has 2 aliphatic heterocycles. The summed E-state index contributed by atoms with van der Waals surface area (Å²) in [4.78, 5) is 25.0. The zero-order valence-electron chi connectivity index (χ0n) is 17.2. The van der Waals surface area contributed by atoms with Crippen LogP contribution >= 0.6 is 0 Å². The molecule has 31 heavy (non-hydrogen) atoms. The first-order valence-electron chi connectivity index (χ1n) is 10.0.